The number of amides is 2. The molecule has 0 aromatic heterocycles. The van der Waals surface area contributed by atoms with Crippen molar-refractivity contribution in [2.75, 3.05) is 17.0 Å². The number of anilines is 1. The van der Waals surface area contributed by atoms with Crippen molar-refractivity contribution in [1.29, 1.82) is 0 Å². The molecular formula is C23H20N2O4S2. The number of imide groups is 1. The average molecular weight is 453 g/mol. The summed E-state index contributed by atoms with van der Waals surface area (Å²) in [6.07, 6.45) is 0.665. The Balaban J connectivity index is 1.28. The normalized spacial score (nSPS) is 13.4. The Bertz CT molecular complexity index is 1170. The predicted octanol–water partition coefficient (Wildman–Crippen LogP) is 4.27. The minimum Gasteiger partial charge on any atom is -0.280 e. The second kappa shape index (κ2) is 8.95. The lowest BCUT2D eigenvalue weighted by molar-refractivity contribution is 0.0655. The van der Waals surface area contributed by atoms with Crippen LogP contribution in [0.5, 0.6) is 0 Å². The van der Waals surface area contributed by atoms with Crippen LogP contribution in [0.3, 0.4) is 0 Å². The molecule has 3 aromatic rings. The molecule has 0 unspecified atom stereocenters. The van der Waals surface area contributed by atoms with Crippen LogP contribution in [-0.2, 0) is 10.0 Å². The van der Waals surface area contributed by atoms with Crippen LogP contribution in [0.2, 0.25) is 0 Å². The molecule has 6 nitrogen and oxygen atoms in total. The summed E-state index contributed by atoms with van der Waals surface area (Å²) in [6, 6.07) is 22.2. The van der Waals surface area contributed by atoms with Crippen LogP contribution in [0.25, 0.3) is 0 Å². The Morgan fingerprint density at radius 1 is 0.774 bits per heavy atom. The van der Waals surface area contributed by atoms with Crippen LogP contribution >= 0.6 is 11.8 Å². The van der Waals surface area contributed by atoms with Gasteiger partial charge in [0.1, 0.15) is 0 Å². The number of hydrogen-bond donors (Lipinski definition) is 1. The number of nitrogens with one attached hydrogen (secondary N) is 1. The lowest BCUT2D eigenvalue weighted by Gasteiger charge is -2.13. The Kier molecular flexibility index (Phi) is 6.11. The maximum Gasteiger partial charge on any atom is 0.261 e. The van der Waals surface area contributed by atoms with E-state index < -0.39 is 10.0 Å². The highest BCUT2D eigenvalue weighted by molar-refractivity contribution is 7.99. The Hall–Kier alpha value is -3.10. The number of benzene rings is 3. The highest BCUT2D eigenvalue weighted by Gasteiger charge is 2.34. The van der Waals surface area contributed by atoms with Crippen molar-refractivity contribution in [3.63, 3.8) is 0 Å². The molecule has 158 valence electrons. The fourth-order valence-electron chi connectivity index (χ4n) is 3.29. The number of sulfonamides is 1. The minimum absolute atomic E-state index is 0.210. The van der Waals surface area contributed by atoms with E-state index in [1.165, 1.54) is 4.90 Å². The summed E-state index contributed by atoms with van der Waals surface area (Å²) in [6.45, 7) is 0.369. The number of hydrogen-bond acceptors (Lipinski definition) is 5. The smallest absolute Gasteiger partial charge is 0.261 e. The van der Waals surface area contributed by atoms with Crippen LogP contribution in [0.1, 0.15) is 27.1 Å². The molecule has 8 heteroatoms. The first kappa shape index (κ1) is 21.1. The molecule has 3 aromatic carbocycles. The van der Waals surface area contributed by atoms with Crippen molar-refractivity contribution < 1.29 is 18.0 Å². The summed E-state index contributed by atoms with van der Waals surface area (Å²) in [4.78, 5) is 27.2. The van der Waals surface area contributed by atoms with Crippen LogP contribution < -0.4 is 4.72 Å². The summed E-state index contributed by atoms with van der Waals surface area (Å²) >= 11 is 1.59. The zero-order valence-electron chi connectivity index (χ0n) is 16.5. The maximum absolute atomic E-state index is 12.4. The number of fused-ring (bicyclic) bond motifs is 1. The van der Waals surface area contributed by atoms with Gasteiger partial charge in [-0.2, -0.15) is 0 Å². The lowest BCUT2D eigenvalue weighted by Crippen LogP contribution is -2.30. The van der Waals surface area contributed by atoms with Crippen LogP contribution in [0, 0.1) is 0 Å². The van der Waals surface area contributed by atoms with E-state index in [4.69, 9.17) is 0 Å². The monoisotopic (exact) mass is 452 g/mol. The Morgan fingerprint density at radius 3 is 1.97 bits per heavy atom. The molecule has 0 radical (unpaired) electrons. The minimum atomic E-state index is -3.62. The van der Waals surface area contributed by atoms with Crippen LogP contribution in [0.15, 0.2) is 88.7 Å². The number of carbonyl (C=O) groups excluding carboxylic acids is 2. The van der Waals surface area contributed by atoms with Gasteiger partial charge in [0, 0.05) is 17.1 Å². The zero-order chi connectivity index (χ0) is 21.8. The van der Waals surface area contributed by atoms with E-state index in [2.05, 4.69) is 4.72 Å². The van der Waals surface area contributed by atoms with Gasteiger partial charge >= 0.3 is 0 Å². The van der Waals surface area contributed by atoms with Gasteiger partial charge in [0.25, 0.3) is 21.8 Å². The quantitative estimate of drug-likeness (QED) is 0.314. The third-order valence-electron chi connectivity index (χ3n) is 4.83. The van der Waals surface area contributed by atoms with Crippen LogP contribution in [-0.4, -0.2) is 37.4 Å². The second-order valence-corrected chi connectivity index (χ2v) is 9.80. The van der Waals surface area contributed by atoms with Gasteiger partial charge < -0.3 is 0 Å². The molecule has 31 heavy (non-hydrogen) atoms. The second-order valence-electron chi connectivity index (χ2n) is 6.95. The molecule has 2 amide bonds. The van der Waals surface area contributed by atoms with Crippen molar-refractivity contribution in [2.45, 2.75) is 16.2 Å². The standard InChI is InChI=1S/C23H20N2O4S2/c26-22-20-9-4-5-10-21(20)23(27)25(22)15-6-16-30-18-13-11-17(12-14-18)24-31(28,29)19-7-2-1-3-8-19/h1-5,7-14,24H,6,15-16H2. The first-order valence-corrected chi connectivity index (χ1v) is 12.2. The zero-order valence-corrected chi connectivity index (χ0v) is 18.2. The van der Waals surface area contributed by atoms with E-state index in [1.807, 2.05) is 12.1 Å². The largest absolute Gasteiger partial charge is 0.280 e. The SMILES string of the molecule is O=C1c2ccccc2C(=O)N1CCCSc1ccc(NS(=O)(=O)c2ccccc2)cc1. The van der Waals surface area contributed by atoms with Crippen LogP contribution in [0.4, 0.5) is 5.69 Å². The van der Waals surface area contributed by atoms with Gasteiger partial charge in [-0.25, -0.2) is 8.42 Å². The summed E-state index contributed by atoms with van der Waals surface area (Å²) in [5, 5.41) is 0. The van der Waals surface area contributed by atoms with E-state index in [0.717, 1.165) is 10.6 Å². The molecule has 4 rings (SSSR count). The number of carbonyl (C=O) groups is 2. The third-order valence-corrected chi connectivity index (χ3v) is 7.33. The molecule has 0 bridgehead atoms. The van der Waals surface area contributed by atoms with E-state index in [1.54, 1.807) is 78.5 Å². The fraction of sp³-hybridized carbons (Fsp3) is 0.130. The molecule has 1 aliphatic rings. The van der Waals surface area contributed by atoms with E-state index in [9.17, 15) is 18.0 Å². The molecule has 1 heterocycles. The molecular weight excluding hydrogens is 432 g/mol. The van der Waals surface area contributed by atoms with Gasteiger partial charge in [0.2, 0.25) is 0 Å². The molecule has 0 fully saturated rings. The third kappa shape index (κ3) is 4.65. The van der Waals surface area contributed by atoms with E-state index >= 15 is 0 Å². The molecule has 1 N–H and O–H groups in total. The Labute approximate surface area is 185 Å². The van der Waals surface area contributed by atoms with Crippen molar-refractivity contribution in [1.82, 2.24) is 4.90 Å². The molecule has 0 atom stereocenters. The van der Waals surface area contributed by atoms with Gasteiger partial charge in [-0.15, -0.1) is 11.8 Å². The summed E-state index contributed by atoms with van der Waals surface area (Å²) < 4.78 is 27.3. The van der Waals surface area contributed by atoms with Crippen molar-refractivity contribution in [3.8, 4) is 0 Å². The maximum atomic E-state index is 12.4. The molecule has 0 spiro atoms. The number of thioether (sulfide) groups is 1. The molecule has 0 aliphatic carbocycles. The first-order valence-electron chi connectivity index (χ1n) is 9.72. The van der Waals surface area contributed by atoms with Gasteiger partial charge in [0.15, 0.2) is 0 Å². The molecule has 1 aliphatic heterocycles. The summed E-state index contributed by atoms with van der Waals surface area (Å²) in [5.41, 5.74) is 1.42. The van der Waals surface area contributed by atoms with Gasteiger partial charge in [-0.3, -0.25) is 19.2 Å². The van der Waals surface area contributed by atoms with Gasteiger partial charge in [-0.1, -0.05) is 30.3 Å². The fourth-order valence-corrected chi connectivity index (χ4v) is 5.21. The van der Waals surface area contributed by atoms with Gasteiger partial charge in [-0.05, 0) is 60.7 Å². The molecule has 0 saturated carbocycles. The van der Waals surface area contributed by atoms with Gasteiger partial charge in [0.05, 0.1) is 16.0 Å². The highest BCUT2D eigenvalue weighted by atomic mass is 32.2. The van der Waals surface area contributed by atoms with E-state index in [-0.39, 0.29) is 16.7 Å². The van der Waals surface area contributed by atoms with Crippen molar-refractivity contribution in [3.05, 3.63) is 90.0 Å². The summed E-state index contributed by atoms with van der Waals surface area (Å²) in [7, 11) is -3.62. The number of nitrogens with zero attached hydrogens (tertiary/aromatic N) is 1. The van der Waals surface area contributed by atoms with Crippen molar-refractivity contribution in [2.24, 2.45) is 0 Å². The van der Waals surface area contributed by atoms with Crippen molar-refractivity contribution >= 4 is 39.3 Å². The lowest BCUT2D eigenvalue weighted by atomic mass is 10.1. The first-order chi connectivity index (χ1) is 15.0. The topological polar surface area (TPSA) is 83.6 Å². The average Bonchev–Trinajstić information content (AvgIpc) is 3.03. The Morgan fingerprint density at radius 2 is 1.35 bits per heavy atom. The summed E-state index contributed by atoms with van der Waals surface area (Å²) in [5.74, 6) is 0.254. The molecule has 0 saturated heterocycles. The van der Waals surface area contributed by atoms with E-state index in [0.29, 0.717) is 29.8 Å². The number of rotatable bonds is 8. The highest BCUT2D eigenvalue weighted by Crippen LogP contribution is 2.25. The predicted molar refractivity (Wildman–Crippen MR) is 121 cm³/mol.